The first kappa shape index (κ1) is 27.2. The zero-order chi connectivity index (χ0) is 22.0. The molecule has 1 aromatic rings. The molecule has 0 bridgehead atoms. The van der Waals surface area contributed by atoms with Crippen LogP contribution >= 0.6 is 0 Å². The van der Waals surface area contributed by atoms with E-state index in [9.17, 15) is 0 Å². The first-order valence-corrected chi connectivity index (χ1v) is 13.7. The van der Waals surface area contributed by atoms with Gasteiger partial charge in [-0.3, -0.25) is 0 Å². The summed E-state index contributed by atoms with van der Waals surface area (Å²) in [6, 6.07) is 0.555. The lowest BCUT2D eigenvalue weighted by Gasteiger charge is -2.10. The monoisotopic (exact) mass is 419 g/mol. The second-order valence-electron chi connectivity index (χ2n) is 10.2. The SMILES string of the molecule is CCCCCCCCCCCCCCCCCCC[n+]1ccn(C(C)C)c1C(C)C. The molecule has 30 heavy (non-hydrogen) atoms. The lowest BCUT2D eigenvalue weighted by atomic mass is 10.0. The summed E-state index contributed by atoms with van der Waals surface area (Å²) in [7, 11) is 0. The summed E-state index contributed by atoms with van der Waals surface area (Å²) >= 11 is 0. The van der Waals surface area contributed by atoms with E-state index in [-0.39, 0.29) is 0 Å². The Morgan fingerprint density at radius 3 is 1.40 bits per heavy atom. The Morgan fingerprint density at radius 2 is 1.03 bits per heavy atom. The maximum absolute atomic E-state index is 2.50. The third-order valence-electron chi connectivity index (χ3n) is 6.54. The molecule has 0 saturated heterocycles. The van der Waals surface area contributed by atoms with Gasteiger partial charge in [-0.25, -0.2) is 9.13 Å². The summed E-state index contributed by atoms with van der Waals surface area (Å²) in [5.74, 6) is 2.08. The van der Waals surface area contributed by atoms with E-state index >= 15 is 0 Å². The second kappa shape index (κ2) is 17.8. The summed E-state index contributed by atoms with van der Waals surface area (Å²) in [6.45, 7) is 12.7. The van der Waals surface area contributed by atoms with Crippen molar-refractivity contribution < 1.29 is 4.57 Å². The summed E-state index contributed by atoms with van der Waals surface area (Å²) in [5, 5.41) is 0. The van der Waals surface area contributed by atoms with E-state index in [2.05, 4.69) is 56.1 Å². The van der Waals surface area contributed by atoms with Crippen molar-refractivity contribution in [2.75, 3.05) is 0 Å². The molecule has 0 saturated carbocycles. The van der Waals surface area contributed by atoms with Crippen molar-refractivity contribution in [2.24, 2.45) is 0 Å². The Hall–Kier alpha value is -0.790. The van der Waals surface area contributed by atoms with Crippen LogP contribution in [0.4, 0.5) is 0 Å². The molecule has 0 atom stereocenters. The number of aryl methyl sites for hydroxylation is 1. The molecule has 0 aromatic carbocycles. The number of rotatable bonds is 20. The molecule has 0 N–H and O–H groups in total. The van der Waals surface area contributed by atoms with Crippen LogP contribution in [0.2, 0.25) is 0 Å². The molecule has 0 aliphatic rings. The van der Waals surface area contributed by atoms with Gasteiger partial charge in [-0.2, -0.15) is 0 Å². The standard InChI is InChI=1S/C28H55N2/c1-6-7-8-9-10-11-12-13-14-15-16-17-18-19-20-21-22-23-29-24-25-30(27(4)5)28(29)26(2)3/h24-27H,6-23H2,1-5H3/q+1. The maximum Gasteiger partial charge on any atom is 0.259 e. The number of nitrogens with zero attached hydrogens (tertiary/aromatic N) is 2. The average Bonchev–Trinajstić information content (AvgIpc) is 3.15. The molecule has 0 aliphatic carbocycles. The van der Waals surface area contributed by atoms with E-state index in [1.807, 2.05) is 0 Å². The smallest absolute Gasteiger partial charge is 0.234 e. The summed E-state index contributed by atoms with van der Waals surface area (Å²) in [6.07, 6.45) is 29.1. The third-order valence-corrected chi connectivity index (χ3v) is 6.54. The minimum Gasteiger partial charge on any atom is -0.234 e. The average molecular weight is 420 g/mol. The molecule has 1 aromatic heterocycles. The number of aromatic nitrogens is 2. The summed E-state index contributed by atoms with van der Waals surface area (Å²) in [4.78, 5) is 0. The molecule has 1 heterocycles. The third kappa shape index (κ3) is 12.2. The molecule has 2 nitrogen and oxygen atoms in total. The molecule has 1 rings (SSSR count). The molecule has 0 radical (unpaired) electrons. The van der Waals surface area contributed by atoms with Crippen molar-refractivity contribution in [3.8, 4) is 0 Å². The van der Waals surface area contributed by atoms with E-state index < -0.39 is 0 Å². The van der Waals surface area contributed by atoms with Gasteiger partial charge in [-0.05, 0) is 26.7 Å². The normalized spacial score (nSPS) is 11.8. The van der Waals surface area contributed by atoms with Crippen molar-refractivity contribution in [2.45, 2.75) is 162 Å². The Labute approximate surface area is 189 Å². The molecule has 0 aliphatic heterocycles. The fourth-order valence-electron chi connectivity index (χ4n) is 4.72. The van der Waals surface area contributed by atoms with Gasteiger partial charge < -0.3 is 0 Å². The molecule has 0 fully saturated rings. The Kier molecular flexibility index (Phi) is 16.2. The highest BCUT2D eigenvalue weighted by Gasteiger charge is 2.21. The van der Waals surface area contributed by atoms with Gasteiger partial charge in [0.15, 0.2) is 0 Å². The predicted molar refractivity (Wildman–Crippen MR) is 133 cm³/mol. The number of imidazole rings is 1. The topological polar surface area (TPSA) is 8.81 Å². The fraction of sp³-hybridized carbons (Fsp3) is 0.893. The summed E-state index contributed by atoms with van der Waals surface area (Å²) in [5.41, 5.74) is 0. The van der Waals surface area contributed by atoms with Crippen molar-refractivity contribution in [3.63, 3.8) is 0 Å². The first-order valence-electron chi connectivity index (χ1n) is 13.7. The largest absolute Gasteiger partial charge is 0.259 e. The molecular formula is C28H55N2+. The van der Waals surface area contributed by atoms with Crippen LogP contribution < -0.4 is 4.57 Å². The Morgan fingerprint density at radius 1 is 0.633 bits per heavy atom. The van der Waals surface area contributed by atoms with Crippen LogP contribution in [0.5, 0.6) is 0 Å². The van der Waals surface area contributed by atoms with Crippen LogP contribution in [0.3, 0.4) is 0 Å². The van der Waals surface area contributed by atoms with E-state index in [0.717, 1.165) is 0 Å². The van der Waals surface area contributed by atoms with Crippen molar-refractivity contribution in [1.82, 2.24) is 4.57 Å². The second-order valence-corrected chi connectivity index (χ2v) is 10.2. The molecule has 0 amide bonds. The van der Waals surface area contributed by atoms with Crippen molar-refractivity contribution in [3.05, 3.63) is 18.2 Å². The molecule has 2 heteroatoms. The highest BCUT2D eigenvalue weighted by atomic mass is 15.2. The molecule has 176 valence electrons. The highest BCUT2D eigenvalue weighted by Crippen LogP contribution is 2.17. The van der Waals surface area contributed by atoms with Gasteiger partial charge in [0.2, 0.25) is 0 Å². The minimum absolute atomic E-state index is 0.555. The van der Waals surface area contributed by atoms with Crippen LogP contribution in [-0.2, 0) is 6.54 Å². The predicted octanol–water partition coefficient (Wildman–Crippen LogP) is 9.13. The van der Waals surface area contributed by atoms with Gasteiger partial charge in [0.05, 0.1) is 18.5 Å². The number of unbranched alkanes of at least 4 members (excludes halogenated alkanes) is 16. The van der Waals surface area contributed by atoms with E-state index in [1.54, 1.807) is 0 Å². The summed E-state index contributed by atoms with van der Waals surface area (Å²) < 4.78 is 4.94. The van der Waals surface area contributed by atoms with Gasteiger partial charge in [-0.1, -0.05) is 117 Å². The number of hydrogen-bond acceptors (Lipinski definition) is 0. The van der Waals surface area contributed by atoms with Gasteiger partial charge >= 0.3 is 0 Å². The lowest BCUT2D eigenvalue weighted by Crippen LogP contribution is -2.38. The molecular weight excluding hydrogens is 364 g/mol. The maximum atomic E-state index is 2.50. The van der Waals surface area contributed by atoms with Gasteiger partial charge in [0.1, 0.15) is 12.4 Å². The van der Waals surface area contributed by atoms with Crippen LogP contribution in [-0.4, -0.2) is 4.57 Å². The Balaban J connectivity index is 1.92. The van der Waals surface area contributed by atoms with Gasteiger partial charge in [0, 0.05) is 0 Å². The van der Waals surface area contributed by atoms with Crippen LogP contribution in [0.1, 0.15) is 162 Å². The molecule has 0 unspecified atom stereocenters. The first-order chi connectivity index (χ1) is 14.6. The minimum atomic E-state index is 0.555. The van der Waals surface area contributed by atoms with E-state index in [1.165, 1.54) is 122 Å². The van der Waals surface area contributed by atoms with Crippen LogP contribution in [0.15, 0.2) is 12.4 Å². The van der Waals surface area contributed by atoms with Crippen LogP contribution in [0.25, 0.3) is 0 Å². The molecule has 0 spiro atoms. The zero-order valence-electron chi connectivity index (χ0n) is 21.4. The van der Waals surface area contributed by atoms with Crippen LogP contribution in [0, 0.1) is 0 Å². The van der Waals surface area contributed by atoms with E-state index in [4.69, 9.17) is 0 Å². The fourth-order valence-corrected chi connectivity index (χ4v) is 4.72. The van der Waals surface area contributed by atoms with Gasteiger partial charge in [0.25, 0.3) is 5.82 Å². The Bertz CT molecular complexity index is 501. The zero-order valence-corrected chi connectivity index (χ0v) is 21.4. The van der Waals surface area contributed by atoms with Crippen molar-refractivity contribution >= 4 is 0 Å². The quantitative estimate of drug-likeness (QED) is 0.147. The van der Waals surface area contributed by atoms with E-state index in [0.29, 0.717) is 12.0 Å². The lowest BCUT2D eigenvalue weighted by molar-refractivity contribution is -0.705. The van der Waals surface area contributed by atoms with Gasteiger partial charge in [-0.15, -0.1) is 0 Å². The highest BCUT2D eigenvalue weighted by molar-refractivity contribution is 4.91. The van der Waals surface area contributed by atoms with Crippen molar-refractivity contribution in [1.29, 1.82) is 0 Å². The number of hydrogen-bond donors (Lipinski definition) is 0.